The minimum atomic E-state index is -3.99. The normalized spacial score (nSPS) is 11.7. The summed E-state index contributed by atoms with van der Waals surface area (Å²) in [7, 11) is -3.99. The quantitative estimate of drug-likeness (QED) is 0.415. The number of amides is 1. The number of hydrogen-bond acceptors (Lipinski definition) is 5. The van der Waals surface area contributed by atoms with Gasteiger partial charge in [-0.3, -0.25) is 4.79 Å². The molecule has 0 aliphatic carbocycles. The predicted octanol–water partition coefficient (Wildman–Crippen LogP) is 2.87. The van der Waals surface area contributed by atoms with Gasteiger partial charge in [-0.05, 0) is 59.7 Å². The Morgan fingerprint density at radius 3 is 2.29 bits per heavy atom. The average Bonchev–Trinajstić information content (AvgIpc) is 2.77. The van der Waals surface area contributed by atoms with Crippen LogP contribution in [-0.4, -0.2) is 36.5 Å². The number of phenols is 1. The summed E-state index contributed by atoms with van der Waals surface area (Å²) in [6.07, 6.45) is 1.37. The third-order valence-electron chi connectivity index (χ3n) is 4.27. The number of carbonyl (C=O) groups is 1. The number of hydrogen-bond donors (Lipinski definition) is 2. The Hall–Kier alpha value is -3.56. The fraction of sp³-hybridized carbons (Fsp3) is 0.0909. The molecule has 0 aliphatic rings. The highest BCUT2D eigenvalue weighted by atomic mass is 32.2. The zero-order valence-corrected chi connectivity index (χ0v) is 17.2. The number of sulfonamides is 1. The van der Waals surface area contributed by atoms with Crippen molar-refractivity contribution < 1.29 is 22.7 Å². The van der Waals surface area contributed by atoms with Crippen molar-refractivity contribution in [2.24, 2.45) is 5.10 Å². The lowest BCUT2D eigenvalue weighted by Gasteiger charge is -2.21. The van der Waals surface area contributed by atoms with Gasteiger partial charge in [-0.15, -0.1) is 0 Å². The van der Waals surface area contributed by atoms with Gasteiger partial charge in [0.1, 0.15) is 11.6 Å². The monoisotopic (exact) mass is 441 g/mol. The second-order valence-corrected chi connectivity index (χ2v) is 8.54. The van der Waals surface area contributed by atoms with Crippen molar-refractivity contribution in [2.45, 2.75) is 11.4 Å². The van der Waals surface area contributed by atoms with E-state index in [4.69, 9.17) is 0 Å². The number of aromatic hydroxyl groups is 1. The first kappa shape index (κ1) is 22.1. The Morgan fingerprint density at radius 2 is 1.65 bits per heavy atom. The number of carbonyl (C=O) groups excluding carboxylic acids is 1. The van der Waals surface area contributed by atoms with Crippen molar-refractivity contribution in [3.8, 4) is 5.75 Å². The zero-order chi connectivity index (χ0) is 22.3. The first-order valence-electron chi connectivity index (χ1n) is 9.25. The van der Waals surface area contributed by atoms with E-state index in [0.717, 1.165) is 4.31 Å². The van der Waals surface area contributed by atoms with Gasteiger partial charge in [0.15, 0.2) is 0 Å². The highest BCUT2D eigenvalue weighted by Crippen LogP contribution is 2.18. The van der Waals surface area contributed by atoms with Gasteiger partial charge in [0.05, 0.1) is 17.7 Å². The largest absolute Gasteiger partial charge is 0.508 e. The number of nitrogens with zero attached hydrogens (tertiary/aromatic N) is 2. The van der Waals surface area contributed by atoms with E-state index in [2.05, 4.69) is 10.5 Å². The van der Waals surface area contributed by atoms with Gasteiger partial charge in [-0.25, -0.2) is 18.2 Å². The van der Waals surface area contributed by atoms with Crippen molar-refractivity contribution in [1.82, 2.24) is 9.73 Å². The minimum absolute atomic E-state index is 0.0394. The van der Waals surface area contributed by atoms with Crippen molar-refractivity contribution in [2.75, 3.05) is 6.54 Å². The van der Waals surface area contributed by atoms with Gasteiger partial charge in [-0.1, -0.05) is 30.3 Å². The van der Waals surface area contributed by atoms with Crippen LogP contribution in [0.1, 0.15) is 11.1 Å². The number of halogens is 1. The van der Waals surface area contributed by atoms with E-state index in [1.54, 1.807) is 30.3 Å². The highest BCUT2D eigenvalue weighted by molar-refractivity contribution is 7.89. The molecular formula is C22H20FN3O4S. The van der Waals surface area contributed by atoms with Crippen LogP contribution in [0.3, 0.4) is 0 Å². The Bertz CT molecular complexity index is 1150. The smallest absolute Gasteiger partial charge is 0.255 e. The fourth-order valence-electron chi connectivity index (χ4n) is 2.70. The minimum Gasteiger partial charge on any atom is -0.508 e. The molecule has 0 aromatic heterocycles. The molecule has 3 aromatic carbocycles. The summed E-state index contributed by atoms with van der Waals surface area (Å²) in [5.41, 5.74) is 3.46. The zero-order valence-electron chi connectivity index (χ0n) is 16.3. The molecule has 0 saturated carbocycles. The maximum absolute atomic E-state index is 13.2. The molecule has 3 rings (SSSR count). The molecule has 31 heavy (non-hydrogen) atoms. The molecule has 9 heteroatoms. The molecule has 0 aliphatic heterocycles. The Morgan fingerprint density at radius 1 is 1.00 bits per heavy atom. The summed E-state index contributed by atoms with van der Waals surface area (Å²) >= 11 is 0. The fourth-order valence-corrected chi connectivity index (χ4v) is 4.10. The molecule has 1 amide bonds. The summed E-state index contributed by atoms with van der Waals surface area (Å²) in [4.78, 5) is 12.4. The molecule has 0 spiro atoms. The Kier molecular flexibility index (Phi) is 7.11. The number of hydrazone groups is 1. The lowest BCUT2D eigenvalue weighted by Crippen LogP contribution is -2.39. The van der Waals surface area contributed by atoms with Crippen LogP contribution in [0.25, 0.3) is 0 Å². The van der Waals surface area contributed by atoms with Crippen molar-refractivity contribution in [3.05, 3.63) is 95.8 Å². The van der Waals surface area contributed by atoms with E-state index in [9.17, 15) is 22.7 Å². The molecule has 0 radical (unpaired) electrons. The van der Waals surface area contributed by atoms with Crippen molar-refractivity contribution >= 4 is 22.1 Å². The molecule has 0 bridgehead atoms. The van der Waals surface area contributed by atoms with Gasteiger partial charge >= 0.3 is 0 Å². The van der Waals surface area contributed by atoms with Crippen LogP contribution in [0.4, 0.5) is 4.39 Å². The van der Waals surface area contributed by atoms with E-state index in [1.165, 1.54) is 54.7 Å². The number of phenolic OH excluding ortho intramolecular Hbond substituents is 1. The number of benzene rings is 3. The van der Waals surface area contributed by atoms with Gasteiger partial charge in [0, 0.05) is 6.54 Å². The van der Waals surface area contributed by atoms with Crippen LogP contribution in [-0.2, 0) is 21.4 Å². The average molecular weight is 441 g/mol. The van der Waals surface area contributed by atoms with Gasteiger partial charge in [0.2, 0.25) is 10.0 Å². The number of rotatable bonds is 8. The van der Waals surface area contributed by atoms with Crippen molar-refractivity contribution in [1.29, 1.82) is 0 Å². The molecule has 160 valence electrons. The van der Waals surface area contributed by atoms with E-state index < -0.39 is 28.3 Å². The molecule has 0 atom stereocenters. The molecule has 2 N–H and O–H groups in total. The molecule has 0 fully saturated rings. The lowest BCUT2D eigenvalue weighted by molar-refractivity contribution is -0.121. The second-order valence-electron chi connectivity index (χ2n) is 6.60. The van der Waals surface area contributed by atoms with Crippen LogP contribution >= 0.6 is 0 Å². The van der Waals surface area contributed by atoms with E-state index in [1.807, 2.05) is 0 Å². The number of nitrogens with one attached hydrogen (secondary N) is 1. The summed E-state index contributed by atoms with van der Waals surface area (Å²) in [6, 6.07) is 19.3. The summed E-state index contributed by atoms with van der Waals surface area (Å²) in [5.74, 6) is -0.983. The maximum atomic E-state index is 13.2. The van der Waals surface area contributed by atoms with E-state index in [-0.39, 0.29) is 17.2 Å². The highest BCUT2D eigenvalue weighted by Gasteiger charge is 2.26. The van der Waals surface area contributed by atoms with Crippen LogP contribution in [0.2, 0.25) is 0 Å². The Labute approximate surface area is 179 Å². The van der Waals surface area contributed by atoms with Gasteiger partial charge in [0.25, 0.3) is 5.91 Å². The molecule has 0 unspecified atom stereocenters. The molecule has 7 nitrogen and oxygen atoms in total. The third kappa shape index (κ3) is 6.21. The lowest BCUT2D eigenvalue weighted by atomic mass is 10.2. The SMILES string of the molecule is O=C(CN(Cc1ccc(F)cc1)S(=O)(=O)c1ccccc1)N/N=C\c1ccc(O)cc1. The van der Waals surface area contributed by atoms with Crippen LogP contribution in [0.15, 0.2) is 88.9 Å². The topological polar surface area (TPSA) is 99.1 Å². The second kappa shape index (κ2) is 9.96. The van der Waals surface area contributed by atoms with Crippen LogP contribution in [0, 0.1) is 5.82 Å². The standard InChI is InChI=1S/C22H20FN3O4S/c23-19-10-6-18(7-11-19)15-26(31(29,30)21-4-2-1-3-5-21)16-22(28)25-24-14-17-8-12-20(27)13-9-17/h1-14,27H,15-16H2,(H,25,28)/b24-14-. The summed E-state index contributed by atoms with van der Waals surface area (Å²) in [6.45, 7) is -0.603. The first-order valence-corrected chi connectivity index (χ1v) is 10.7. The molecular weight excluding hydrogens is 421 g/mol. The van der Waals surface area contributed by atoms with E-state index >= 15 is 0 Å². The third-order valence-corrected chi connectivity index (χ3v) is 6.08. The van der Waals surface area contributed by atoms with Crippen LogP contribution in [0.5, 0.6) is 5.75 Å². The van der Waals surface area contributed by atoms with Gasteiger partial charge in [-0.2, -0.15) is 9.41 Å². The maximum Gasteiger partial charge on any atom is 0.255 e. The molecule has 3 aromatic rings. The first-order chi connectivity index (χ1) is 14.8. The summed E-state index contributed by atoms with van der Waals surface area (Å²) < 4.78 is 40.4. The van der Waals surface area contributed by atoms with Crippen molar-refractivity contribution in [3.63, 3.8) is 0 Å². The molecule has 0 saturated heterocycles. The summed E-state index contributed by atoms with van der Waals surface area (Å²) in [5, 5.41) is 13.1. The predicted molar refractivity (Wildman–Crippen MR) is 114 cm³/mol. The Balaban J connectivity index is 1.76. The van der Waals surface area contributed by atoms with E-state index in [0.29, 0.717) is 11.1 Å². The molecule has 0 heterocycles. The van der Waals surface area contributed by atoms with Gasteiger partial charge < -0.3 is 5.11 Å². The van der Waals surface area contributed by atoms with Crippen LogP contribution < -0.4 is 5.43 Å².